The van der Waals surface area contributed by atoms with Crippen molar-refractivity contribution in [1.29, 1.82) is 0 Å². The number of ether oxygens (including phenoxy) is 1. The summed E-state index contributed by atoms with van der Waals surface area (Å²) >= 11 is 0. The largest absolute Gasteiger partial charge is 0.457 e. The van der Waals surface area contributed by atoms with E-state index in [2.05, 4.69) is 15.3 Å². The zero-order valence-corrected chi connectivity index (χ0v) is 23.9. The van der Waals surface area contributed by atoms with Crippen LogP contribution in [0.15, 0.2) is 66.3 Å². The summed E-state index contributed by atoms with van der Waals surface area (Å²) in [4.78, 5) is 35.1. The Morgan fingerprint density at radius 3 is 2.37 bits per heavy atom. The van der Waals surface area contributed by atoms with Crippen molar-refractivity contribution in [1.82, 2.24) is 20.2 Å². The van der Waals surface area contributed by atoms with Gasteiger partial charge in [0, 0.05) is 36.1 Å². The molecule has 3 heterocycles. The van der Waals surface area contributed by atoms with Crippen LogP contribution in [0.5, 0.6) is 5.75 Å². The van der Waals surface area contributed by atoms with E-state index in [1.165, 1.54) is 30.7 Å². The van der Waals surface area contributed by atoms with Crippen LogP contribution in [0.2, 0.25) is 0 Å². The predicted octanol–water partition coefficient (Wildman–Crippen LogP) is 6.33. The summed E-state index contributed by atoms with van der Waals surface area (Å²) in [6.07, 6.45) is -4.65. The van der Waals surface area contributed by atoms with Crippen LogP contribution >= 0.6 is 0 Å². The molecule has 1 aliphatic rings. The second kappa shape index (κ2) is 12.7. The fourth-order valence-corrected chi connectivity index (χ4v) is 4.64. The number of imide groups is 1. The lowest BCUT2D eigenvalue weighted by Crippen LogP contribution is -2.60. The number of amides is 3. The fraction of sp³-hybridized carbons (Fsp3) is 0.448. The normalized spacial score (nSPS) is 19.5. The van der Waals surface area contributed by atoms with Crippen LogP contribution in [0.1, 0.15) is 58.2 Å². The Morgan fingerprint density at radius 1 is 1.14 bits per heavy atom. The SMILES string of the molecule is CCC/C(CC)=C(/C=C\C(C)C(O)(C(F)(F)F)C(F)(F)F)Oc1ccnc(CN2C(=O)NC(C)(c3cccnc3)C2=O)c1. The van der Waals surface area contributed by atoms with Gasteiger partial charge >= 0.3 is 18.4 Å². The number of alkyl halides is 6. The van der Waals surface area contributed by atoms with E-state index in [0.717, 1.165) is 11.0 Å². The number of allylic oxidation sites excluding steroid dienone is 2. The van der Waals surface area contributed by atoms with Crippen molar-refractivity contribution in [3.8, 4) is 5.75 Å². The summed E-state index contributed by atoms with van der Waals surface area (Å²) in [6.45, 7) is 5.50. The highest BCUT2D eigenvalue weighted by atomic mass is 19.4. The number of rotatable bonds is 11. The Labute approximate surface area is 244 Å². The minimum Gasteiger partial charge on any atom is -0.457 e. The highest BCUT2D eigenvalue weighted by Crippen LogP contribution is 2.48. The minimum atomic E-state index is -5.98. The Kier molecular flexibility index (Phi) is 9.94. The molecular weight excluding hydrogens is 582 g/mol. The van der Waals surface area contributed by atoms with E-state index in [-0.39, 0.29) is 23.7 Å². The molecule has 0 saturated carbocycles. The lowest BCUT2D eigenvalue weighted by molar-refractivity contribution is -0.378. The standard InChI is InChI=1S/C29H32F6N4O4/c1-5-8-19(6-2)23(11-10-18(3)27(42,28(30,31)32)29(33,34)35)43-22-12-14-37-21(15-22)17-39-24(40)26(4,38-25(39)41)20-9-7-13-36-16-20/h7,9-16,18,42H,5-6,8,17H2,1-4H3,(H,38,41)/b11-10-,23-19-. The molecule has 1 saturated heterocycles. The van der Waals surface area contributed by atoms with Crippen molar-refractivity contribution in [2.75, 3.05) is 0 Å². The van der Waals surface area contributed by atoms with Gasteiger partial charge in [-0.3, -0.25) is 19.7 Å². The van der Waals surface area contributed by atoms with Crippen LogP contribution in [-0.4, -0.2) is 49.9 Å². The van der Waals surface area contributed by atoms with Crippen molar-refractivity contribution in [2.24, 2.45) is 5.92 Å². The summed E-state index contributed by atoms with van der Waals surface area (Å²) < 4.78 is 86.1. The highest BCUT2D eigenvalue weighted by molar-refractivity contribution is 6.07. The third-order valence-electron chi connectivity index (χ3n) is 7.24. The Bertz CT molecular complexity index is 1360. The quantitative estimate of drug-likeness (QED) is 0.133. The van der Waals surface area contributed by atoms with Gasteiger partial charge in [0.25, 0.3) is 11.5 Å². The summed E-state index contributed by atoms with van der Waals surface area (Å²) in [5, 5.41) is 12.4. The second-order valence-electron chi connectivity index (χ2n) is 10.3. The number of hydrogen-bond acceptors (Lipinski definition) is 6. The summed E-state index contributed by atoms with van der Waals surface area (Å²) in [6, 6.07) is 5.42. The lowest BCUT2D eigenvalue weighted by Gasteiger charge is -2.35. The van der Waals surface area contributed by atoms with E-state index in [0.29, 0.717) is 43.4 Å². The van der Waals surface area contributed by atoms with Gasteiger partial charge < -0.3 is 15.2 Å². The molecule has 2 aromatic rings. The topological polar surface area (TPSA) is 105 Å². The number of halogens is 6. The van der Waals surface area contributed by atoms with Crippen LogP contribution in [0.3, 0.4) is 0 Å². The molecule has 0 aromatic carbocycles. The molecule has 0 bridgehead atoms. The first-order chi connectivity index (χ1) is 20.0. The average Bonchev–Trinajstić information content (AvgIpc) is 3.16. The average molecular weight is 615 g/mol. The summed E-state index contributed by atoms with van der Waals surface area (Å²) in [5.74, 6) is -2.84. The smallest absolute Gasteiger partial charge is 0.426 e. The number of urea groups is 1. The van der Waals surface area contributed by atoms with Gasteiger partial charge in [-0.15, -0.1) is 0 Å². The number of pyridine rings is 2. The molecule has 3 rings (SSSR count). The zero-order chi connectivity index (χ0) is 32.2. The fourth-order valence-electron chi connectivity index (χ4n) is 4.64. The second-order valence-corrected chi connectivity index (χ2v) is 10.3. The third kappa shape index (κ3) is 6.84. The van der Waals surface area contributed by atoms with Crippen LogP contribution in [0.4, 0.5) is 31.1 Å². The molecule has 0 aliphatic carbocycles. The van der Waals surface area contributed by atoms with Crippen molar-refractivity contribution in [2.45, 2.75) is 77.0 Å². The first kappa shape index (κ1) is 33.6. The molecule has 1 aliphatic heterocycles. The molecule has 1 fully saturated rings. The van der Waals surface area contributed by atoms with E-state index in [4.69, 9.17) is 4.74 Å². The zero-order valence-electron chi connectivity index (χ0n) is 23.9. The third-order valence-corrected chi connectivity index (χ3v) is 7.24. The number of nitrogens with one attached hydrogen (secondary N) is 1. The van der Waals surface area contributed by atoms with E-state index >= 15 is 0 Å². The maximum Gasteiger partial charge on any atom is 0.426 e. The van der Waals surface area contributed by atoms with Crippen molar-refractivity contribution < 1.29 is 45.8 Å². The van der Waals surface area contributed by atoms with Gasteiger partial charge in [0.15, 0.2) is 0 Å². The maximum atomic E-state index is 13.4. The molecular formula is C29H32F6N4O4. The minimum absolute atomic E-state index is 0.000747. The van der Waals surface area contributed by atoms with Gasteiger partial charge in [0.05, 0.1) is 12.2 Å². The molecule has 2 unspecified atom stereocenters. The Morgan fingerprint density at radius 2 is 1.81 bits per heavy atom. The maximum absolute atomic E-state index is 13.4. The Hall–Kier alpha value is -3.94. The lowest BCUT2D eigenvalue weighted by atomic mass is 9.86. The van der Waals surface area contributed by atoms with Gasteiger partial charge in [-0.25, -0.2) is 4.79 Å². The van der Waals surface area contributed by atoms with E-state index in [1.807, 2.05) is 6.92 Å². The van der Waals surface area contributed by atoms with Gasteiger partial charge in [-0.05, 0) is 43.5 Å². The van der Waals surface area contributed by atoms with Crippen LogP contribution in [0, 0.1) is 5.92 Å². The number of aliphatic hydroxyl groups is 1. The van der Waals surface area contributed by atoms with E-state index < -0.39 is 41.3 Å². The predicted molar refractivity (Wildman–Crippen MR) is 143 cm³/mol. The molecule has 2 N–H and O–H groups in total. The molecule has 8 nitrogen and oxygen atoms in total. The van der Waals surface area contributed by atoms with Gasteiger partial charge in [-0.1, -0.05) is 39.3 Å². The van der Waals surface area contributed by atoms with Crippen molar-refractivity contribution in [3.63, 3.8) is 0 Å². The molecule has 2 aromatic heterocycles. The number of aromatic nitrogens is 2. The number of carbonyl (C=O) groups is 2. The molecule has 43 heavy (non-hydrogen) atoms. The van der Waals surface area contributed by atoms with Gasteiger partial charge in [-0.2, -0.15) is 26.3 Å². The molecule has 14 heteroatoms. The molecule has 234 valence electrons. The summed E-state index contributed by atoms with van der Waals surface area (Å²) in [5.41, 5.74) is -5.03. The first-order valence-electron chi connectivity index (χ1n) is 13.4. The van der Waals surface area contributed by atoms with Crippen LogP contribution < -0.4 is 10.1 Å². The van der Waals surface area contributed by atoms with E-state index in [9.17, 15) is 41.0 Å². The van der Waals surface area contributed by atoms with Crippen molar-refractivity contribution in [3.05, 3.63) is 77.6 Å². The van der Waals surface area contributed by atoms with Gasteiger partial charge in [0.1, 0.15) is 17.0 Å². The van der Waals surface area contributed by atoms with E-state index in [1.54, 1.807) is 26.0 Å². The van der Waals surface area contributed by atoms with Gasteiger partial charge in [0.2, 0.25) is 0 Å². The molecule has 2 atom stereocenters. The highest BCUT2D eigenvalue weighted by Gasteiger charge is 2.72. The molecule has 3 amide bonds. The number of carbonyl (C=O) groups excluding carboxylic acids is 2. The number of nitrogens with zero attached hydrogens (tertiary/aromatic N) is 3. The first-order valence-corrected chi connectivity index (χ1v) is 13.4. The number of hydrogen-bond donors (Lipinski definition) is 2. The monoisotopic (exact) mass is 614 g/mol. The Balaban J connectivity index is 1.89. The van der Waals surface area contributed by atoms with Crippen LogP contribution in [0.25, 0.3) is 0 Å². The summed E-state index contributed by atoms with van der Waals surface area (Å²) in [7, 11) is 0. The molecule has 0 radical (unpaired) electrons. The molecule has 0 spiro atoms. The van der Waals surface area contributed by atoms with Crippen LogP contribution in [-0.2, 0) is 16.9 Å². The van der Waals surface area contributed by atoms with Crippen molar-refractivity contribution >= 4 is 11.9 Å².